The molecule has 1 saturated heterocycles. The number of likely N-dealkylation sites (tertiary alicyclic amines) is 1. The largest absolute Gasteiger partial charge is 0.452 e. The Kier molecular flexibility index (Phi) is 5.55. The minimum absolute atomic E-state index is 0.119. The quantitative estimate of drug-likeness (QED) is 0.671. The summed E-state index contributed by atoms with van der Waals surface area (Å²) in [7, 11) is 0. The second-order valence-electron chi connectivity index (χ2n) is 7.28. The van der Waals surface area contributed by atoms with Gasteiger partial charge in [-0.05, 0) is 56.0 Å². The maximum absolute atomic E-state index is 12.5. The molecule has 0 bridgehead atoms. The fraction of sp³-hybridized carbons (Fsp3) is 0.364. The van der Waals surface area contributed by atoms with Crippen LogP contribution in [0.25, 0.3) is 22.4 Å². The van der Waals surface area contributed by atoms with Crippen molar-refractivity contribution in [2.75, 3.05) is 13.2 Å². The first kappa shape index (κ1) is 19.1. The van der Waals surface area contributed by atoms with Crippen LogP contribution in [0.1, 0.15) is 43.0 Å². The Balaban J connectivity index is 1.44. The molecule has 150 valence electrons. The molecule has 29 heavy (non-hydrogen) atoms. The SMILES string of the molecule is CCC1CCCCN1C(=O)COC(=O)c1ccc2nc(-c3cccnc3)[nH]c2c1. The number of ether oxygens (including phenoxy) is 1. The number of esters is 1. The normalized spacial score (nSPS) is 16.7. The van der Waals surface area contributed by atoms with Gasteiger partial charge < -0.3 is 14.6 Å². The van der Waals surface area contributed by atoms with E-state index in [4.69, 9.17) is 4.74 Å². The molecule has 3 aromatic rings. The summed E-state index contributed by atoms with van der Waals surface area (Å²) in [5.74, 6) is 0.0544. The van der Waals surface area contributed by atoms with Crippen LogP contribution < -0.4 is 0 Å². The van der Waals surface area contributed by atoms with Gasteiger partial charge in [-0.15, -0.1) is 0 Å². The molecule has 4 rings (SSSR count). The molecule has 2 aromatic heterocycles. The predicted molar refractivity (Wildman–Crippen MR) is 109 cm³/mol. The van der Waals surface area contributed by atoms with Gasteiger partial charge in [0.2, 0.25) is 0 Å². The molecule has 0 radical (unpaired) electrons. The zero-order valence-electron chi connectivity index (χ0n) is 16.4. The highest BCUT2D eigenvalue weighted by molar-refractivity contribution is 5.95. The third kappa shape index (κ3) is 4.13. The Morgan fingerprint density at radius 3 is 2.97 bits per heavy atom. The average molecular weight is 392 g/mol. The lowest BCUT2D eigenvalue weighted by Crippen LogP contribution is -2.45. The van der Waals surface area contributed by atoms with Gasteiger partial charge in [-0.2, -0.15) is 0 Å². The van der Waals surface area contributed by atoms with Gasteiger partial charge in [0, 0.05) is 30.5 Å². The number of rotatable bonds is 5. The number of carbonyl (C=O) groups is 2. The Morgan fingerprint density at radius 2 is 2.17 bits per heavy atom. The summed E-state index contributed by atoms with van der Waals surface area (Å²) in [6.07, 6.45) is 7.53. The number of piperidine rings is 1. The van der Waals surface area contributed by atoms with Gasteiger partial charge in [-0.1, -0.05) is 6.92 Å². The van der Waals surface area contributed by atoms with Gasteiger partial charge in [0.1, 0.15) is 5.82 Å². The molecule has 1 amide bonds. The summed E-state index contributed by atoms with van der Waals surface area (Å²) < 4.78 is 5.30. The Morgan fingerprint density at radius 1 is 1.28 bits per heavy atom. The minimum Gasteiger partial charge on any atom is -0.452 e. The van der Waals surface area contributed by atoms with Gasteiger partial charge >= 0.3 is 5.97 Å². The van der Waals surface area contributed by atoms with Crippen molar-refractivity contribution in [2.24, 2.45) is 0 Å². The standard InChI is InChI=1S/C22H24N4O3/c1-2-17-7-3-4-11-26(17)20(27)14-29-22(28)15-8-9-18-19(12-15)25-21(24-18)16-6-5-10-23-13-16/h5-6,8-10,12-13,17H,2-4,7,11,14H2,1H3,(H,24,25). The van der Waals surface area contributed by atoms with E-state index in [-0.39, 0.29) is 18.6 Å². The van der Waals surface area contributed by atoms with Crippen molar-refractivity contribution in [3.63, 3.8) is 0 Å². The molecule has 7 nitrogen and oxygen atoms in total. The number of aromatic amines is 1. The number of carbonyl (C=O) groups excluding carboxylic acids is 2. The van der Waals surface area contributed by atoms with Crippen LogP contribution in [-0.2, 0) is 9.53 Å². The van der Waals surface area contributed by atoms with Gasteiger partial charge in [0.25, 0.3) is 5.91 Å². The van der Waals surface area contributed by atoms with E-state index in [0.29, 0.717) is 11.4 Å². The van der Waals surface area contributed by atoms with Crippen molar-refractivity contribution in [1.29, 1.82) is 0 Å². The first-order chi connectivity index (χ1) is 14.2. The van der Waals surface area contributed by atoms with Gasteiger partial charge in [-0.3, -0.25) is 9.78 Å². The summed E-state index contributed by atoms with van der Waals surface area (Å²) in [6.45, 7) is 2.60. The van der Waals surface area contributed by atoms with Crippen LogP contribution in [0.3, 0.4) is 0 Å². The lowest BCUT2D eigenvalue weighted by molar-refractivity contribution is -0.138. The highest BCUT2D eigenvalue weighted by atomic mass is 16.5. The molecule has 3 heterocycles. The first-order valence-electron chi connectivity index (χ1n) is 10.0. The molecule has 0 saturated carbocycles. The molecule has 1 unspecified atom stereocenters. The van der Waals surface area contributed by atoms with Crippen molar-refractivity contribution >= 4 is 22.9 Å². The summed E-state index contributed by atoms with van der Waals surface area (Å²) in [4.78, 5) is 38.7. The molecule has 1 aliphatic rings. The molecule has 1 atom stereocenters. The van der Waals surface area contributed by atoms with Crippen molar-refractivity contribution in [3.8, 4) is 11.4 Å². The first-order valence-corrected chi connectivity index (χ1v) is 10.0. The molecular formula is C22H24N4O3. The highest BCUT2D eigenvalue weighted by Gasteiger charge is 2.26. The number of aromatic nitrogens is 3. The second-order valence-corrected chi connectivity index (χ2v) is 7.28. The number of hydrogen-bond donors (Lipinski definition) is 1. The zero-order valence-corrected chi connectivity index (χ0v) is 16.4. The smallest absolute Gasteiger partial charge is 0.338 e. The van der Waals surface area contributed by atoms with Crippen molar-refractivity contribution in [3.05, 3.63) is 48.3 Å². The fourth-order valence-electron chi connectivity index (χ4n) is 3.82. The van der Waals surface area contributed by atoms with Crippen LogP contribution in [0.4, 0.5) is 0 Å². The lowest BCUT2D eigenvalue weighted by Gasteiger charge is -2.35. The molecule has 0 aliphatic carbocycles. The summed E-state index contributed by atoms with van der Waals surface area (Å²) in [5, 5.41) is 0. The van der Waals surface area contributed by atoms with E-state index in [2.05, 4.69) is 21.9 Å². The number of nitrogens with zero attached hydrogens (tertiary/aromatic N) is 3. The molecular weight excluding hydrogens is 368 g/mol. The molecule has 1 N–H and O–H groups in total. The molecule has 1 aliphatic heterocycles. The number of H-pyrrole nitrogens is 1. The summed E-state index contributed by atoms with van der Waals surface area (Å²) in [6, 6.07) is 9.14. The highest BCUT2D eigenvalue weighted by Crippen LogP contribution is 2.22. The molecule has 0 spiro atoms. The van der Waals surface area contributed by atoms with Crippen LogP contribution in [0.2, 0.25) is 0 Å². The van der Waals surface area contributed by atoms with Crippen molar-refractivity contribution in [1.82, 2.24) is 19.9 Å². The van der Waals surface area contributed by atoms with Crippen LogP contribution in [0.15, 0.2) is 42.7 Å². The maximum Gasteiger partial charge on any atom is 0.338 e. The number of hydrogen-bond acceptors (Lipinski definition) is 5. The van der Waals surface area contributed by atoms with E-state index in [1.54, 1.807) is 30.6 Å². The van der Waals surface area contributed by atoms with Crippen LogP contribution >= 0.6 is 0 Å². The molecule has 7 heteroatoms. The third-order valence-corrected chi connectivity index (χ3v) is 5.40. The lowest BCUT2D eigenvalue weighted by atomic mass is 10.00. The Bertz CT molecular complexity index is 1020. The van der Waals surface area contributed by atoms with E-state index < -0.39 is 5.97 Å². The third-order valence-electron chi connectivity index (χ3n) is 5.40. The number of imidazole rings is 1. The topological polar surface area (TPSA) is 88.2 Å². The van der Waals surface area contributed by atoms with Crippen LogP contribution in [0.5, 0.6) is 0 Å². The Labute approximate surface area is 169 Å². The monoisotopic (exact) mass is 392 g/mol. The fourth-order valence-corrected chi connectivity index (χ4v) is 3.82. The molecule has 1 aromatic carbocycles. The van der Waals surface area contributed by atoms with Gasteiger partial charge in [0.15, 0.2) is 6.61 Å². The number of fused-ring (bicyclic) bond motifs is 1. The summed E-state index contributed by atoms with van der Waals surface area (Å²) in [5.41, 5.74) is 2.73. The Hall–Kier alpha value is -3.22. The van der Waals surface area contributed by atoms with Crippen molar-refractivity contribution < 1.29 is 14.3 Å². The van der Waals surface area contributed by atoms with Crippen LogP contribution in [-0.4, -0.2) is 50.9 Å². The average Bonchev–Trinajstić information content (AvgIpc) is 3.21. The van der Waals surface area contributed by atoms with E-state index in [0.717, 1.165) is 48.8 Å². The zero-order chi connectivity index (χ0) is 20.2. The number of nitrogens with one attached hydrogen (secondary N) is 1. The second kappa shape index (κ2) is 8.43. The molecule has 1 fully saturated rings. The maximum atomic E-state index is 12.5. The predicted octanol–water partition coefficient (Wildman–Crippen LogP) is 3.57. The van der Waals surface area contributed by atoms with E-state index in [1.807, 2.05) is 17.0 Å². The van der Waals surface area contributed by atoms with E-state index >= 15 is 0 Å². The number of pyridine rings is 1. The van der Waals surface area contributed by atoms with Crippen LogP contribution in [0, 0.1) is 0 Å². The van der Waals surface area contributed by atoms with Gasteiger partial charge in [0.05, 0.1) is 16.6 Å². The summed E-state index contributed by atoms with van der Waals surface area (Å²) >= 11 is 0. The van der Waals surface area contributed by atoms with E-state index in [1.165, 1.54) is 0 Å². The van der Waals surface area contributed by atoms with Gasteiger partial charge in [-0.25, -0.2) is 9.78 Å². The minimum atomic E-state index is -0.511. The van der Waals surface area contributed by atoms with Crippen molar-refractivity contribution in [2.45, 2.75) is 38.6 Å². The van der Waals surface area contributed by atoms with E-state index in [9.17, 15) is 9.59 Å². The number of benzene rings is 1. The number of amides is 1.